The van der Waals surface area contributed by atoms with Crippen molar-refractivity contribution in [3.05, 3.63) is 35.6 Å². The number of carbonyl (C=O) groups excluding carboxylic acids is 1. The summed E-state index contributed by atoms with van der Waals surface area (Å²) in [4.78, 5) is 13.8. The first-order valence-corrected chi connectivity index (χ1v) is 7.81. The van der Waals surface area contributed by atoms with E-state index in [0.29, 0.717) is 10.8 Å². The predicted octanol–water partition coefficient (Wildman–Crippen LogP) is 3.66. The standard InChI is InChI=1S/C16H20FNOS.ClH/c17-14-4-2-1-3-13(14)15(16(11-19)7-8-16)18-9-5-12(20)6-10-18;/h1-4,11-12,15,20H,5-10H2;1H. The Morgan fingerprint density at radius 1 is 1.29 bits per heavy atom. The number of carbonyl (C=O) groups is 1. The van der Waals surface area contributed by atoms with E-state index in [0.717, 1.165) is 45.1 Å². The van der Waals surface area contributed by atoms with Gasteiger partial charge in [0.1, 0.15) is 12.1 Å². The third kappa shape index (κ3) is 3.27. The summed E-state index contributed by atoms with van der Waals surface area (Å²) in [6, 6.07) is 6.78. The molecule has 3 rings (SSSR count). The van der Waals surface area contributed by atoms with Crippen LogP contribution in [0.2, 0.25) is 0 Å². The molecule has 1 aliphatic carbocycles. The first-order chi connectivity index (χ1) is 9.66. The van der Waals surface area contributed by atoms with Crippen molar-refractivity contribution >= 4 is 31.3 Å². The number of hydrogen-bond donors (Lipinski definition) is 1. The Morgan fingerprint density at radius 3 is 2.43 bits per heavy atom. The highest BCUT2D eigenvalue weighted by atomic mass is 35.5. The molecular formula is C16H21ClFNOS. The van der Waals surface area contributed by atoms with Crippen LogP contribution in [0.3, 0.4) is 0 Å². The van der Waals surface area contributed by atoms with Crippen LogP contribution in [0.4, 0.5) is 4.39 Å². The molecule has 0 amide bonds. The maximum absolute atomic E-state index is 14.2. The summed E-state index contributed by atoms with van der Waals surface area (Å²) in [5, 5.41) is 0.430. The molecule has 0 radical (unpaired) electrons. The summed E-state index contributed by atoms with van der Waals surface area (Å²) in [5.74, 6) is -0.196. The maximum atomic E-state index is 14.2. The first-order valence-electron chi connectivity index (χ1n) is 7.29. The highest BCUT2D eigenvalue weighted by molar-refractivity contribution is 7.80. The van der Waals surface area contributed by atoms with Crippen LogP contribution >= 0.6 is 25.0 Å². The molecule has 0 spiro atoms. The summed E-state index contributed by atoms with van der Waals surface area (Å²) >= 11 is 4.52. The Morgan fingerprint density at radius 2 is 1.90 bits per heavy atom. The van der Waals surface area contributed by atoms with Crippen LogP contribution in [0.25, 0.3) is 0 Å². The third-order valence-electron chi connectivity index (χ3n) is 4.67. The molecule has 0 bridgehead atoms. The van der Waals surface area contributed by atoms with Crippen molar-refractivity contribution in [2.45, 2.75) is 37.0 Å². The maximum Gasteiger partial charge on any atom is 0.128 e. The lowest BCUT2D eigenvalue weighted by atomic mass is 9.88. The zero-order valence-electron chi connectivity index (χ0n) is 11.9. The molecular weight excluding hydrogens is 309 g/mol. The molecule has 0 N–H and O–H groups in total. The average Bonchev–Trinajstić information content (AvgIpc) is 3.24. The van der Waals surface area contributed by atoms with Gasteiger partial charge in [0, 0.05) is 22.3 Å². The zero-order chi connectivity index (χ0) is 14.2. The van der Waals surface area contributed by atoms with Gasteiger partial charge in [-0.15, -0.1) is 12.4 Å². The van der Waals surface area contributed by atoms with Gasteiger partial charge in [-0.05, 0) is 44.8 Å². The van der Waals surface area contributed by atoms with Crippen LogP contribution in [0.1, 0.15) is 37.3 Å². The fraction of sp³-hybridized carbons (Fsp3) is 0.562. The van der Waals surface area contributed by atoms with E-state index < -0.39 is 0 Å². The number of halogens is 2. The normalized spacial score (nSPS) is 23.1. The minimum absolute atomic E-state index is 0. The molecule has 21 heavy (non-hydrogen) atoms. The van der Waals surface area contributed by atoms with Crippen molar-refractivity contribution in [1.29, 1.82) is 0 Å². The monoisotopic (exact) mass is 329 g/mol. The fourth-order valence-corrected chi connectivity index (χ4v) is 3.54. The smallest absolute Gasteiger partial charge is 0.128 e. The van der Waals surface area contributed by atoms with E-state index in [2.05, 4.69) is 17.5 Å². The van der Waals surface area contributed by atoms with Gasteiger partial charge in [0.2, 0.25) is 0 Å². The molecule has 116 valence electrons. The lowest BCUT2D eigenvalue weighted by Crippen LogP contribution is -2.41. The van der Waals surface area contributed by atoms with E-state index in [-0.39, 0.29) is 29.7 Å². The molecule has 1 saturated heterocycles. The lowest BCUT2D eigenvalue weighted by Gasteiger charge is -2.39. The summed E-state index contributed by atoms with van der Waals surface area (Å²) in [5.41, 5.74) is 0.306. The number of thiol groups is 1. The van der Waals surface area contributed by atoms with Gasteiger partial charge in [0.15, 0.2) is 0 Å². The second kappa shape index (κ2) is 6.67. The van der Waals surface area contributed by atoms with Crippen LogP contribution in [-0.2, 0) is 4.79 Å². The van der Waals surface area contributed by atoms with Crippen LogP contribution in [-0.4, -0.2) is 29.5 Å². The van der Waals surface area contributed by atoms with Crippen molar-refractivity contribution in [1.82, 2.24) is 4.90 Å². The number of benzene rings is 1. The van der Waals surface area contributed by atoms with Gasteiger partial charge in [-0.1, -0.05) is 18.2 Å². The molecule has 1 heterocycles. The molecule has 0 aromatic heterocycles. The summed E-state index contributed by atoms with van der Waals surface area (Å²) in [6.07, 6.45) is 4.80. The van der Waals surface area contributed by atoms with Gasteiger partial charge in [0.05, 0.1) is 0 Å². The van der Waals surface area contributed by atoms with Crippen molar-refractivity contribution < 1.29 is 9.18 Å². The minimum atomic E-state index is -0.369. The Labute approximate surface area is 136 Å². The molecule has 2 nitrogen and oxygen atoms in total. The second-order valence-corrected chi connectivity index (χ2v) is 6.77. The molecule has 1 aliphatic heterocycles. The SMILES string of the molecule is Cl.O=CC1(C(c2ccccc2F)N2CCC(S)CC2)CC1. The van der Waals surface area contributed by atoms with E-state index in [1.807, 2.05) is 12.1 Å². The Bertz CT molecular complexity index is 501. The van der Waals surface area contributed by atoms with Crippen molar-refractivity contribution in [3.63, 3.8) is 0 Å². The number of nitrogens with zero attached hydrogens (tertiary/aromatic N) is 1. The number of likely N-dealkylation sites (tertiary alicyclic amines) is 1. The minimum Gasteiger partial charge on any atom is -0.303 e. The first kappa shape index (κ1) is 16.8. The van der Waals surface area contributed by atoms with Gasteiger partial charge in [-0.3, -0.25) is 4.90 Å². The van der Waals surface area contributed by atoms with Gasteiger partial charge >= 0.3 is 0 Å². The lowest BCUT2D eigenvalue weighted by molar-refractivity contribution is -0.115. The van der Waals surface area contributed by atoms with Crippen LogP contribution in [0.15, 0.2) is 24.3 Å². The van der Waals surface area contributed by atoms with Gasteiger partial charge in [0.25, 0.3) is 0 Å². The second-order valence-electron chi connectivity index (χ2n) is 6.04. The van der Waals surface area contributed by atoms with E-state index in [4.69, 9.17) is 0 Å². The van der Waals surface area contributed by atoms with Crippen molar-refractivity contribution in [3.8, 4) is 0 Å². The van der Waals surface area contributed by atoms with E-state index in [9.17, 15) is 9.18 Å². The van der Waals surface area contributed by atoms with Crippen LogP contribution < -0.4 is 0 Å². The highest BCUT2D eigenvalue weighted by Gasteiger charge is 2.53. The zero-order valence-corrected chi connectivity index (χ0v) is 13.6. The molecule has 1 unspecified atom stereocenters. The van der Waals surface area contributed by atoms with Gasteiger partial charge in [-0.2, -0.15) is 12.6 Å². The molecule has 2 fully saturated rings. The fourth-order valence-electron chi connectivity index (χ4n) is 3.31. The molecule has 2 aliphatic rings. The highest BCUT2D eigenvalue weighted by Crippen LogP contribution is 2.56. The molecule has 1 aromatic carbocycles. The van der Waals surface area contributed by atoms with Crippen molar-refractivity contribution in [2.75, 3.05) is 13.1 Å². The van der Waals surface area contributed by atoms with Gasteiger partial charge < -0.3 is 4.79 Å². The van der Waals surface area contributed by atoms with Crippen LogP contribution in [0, 0.1) is 11.2 Å². The average molecular weight is 330 g/mol. The van der Waals surface area contributed by atoms with E-state index in [1.165, 1.54) is 6.07 Å². The molecule has 1 aromatic rings. The van der Waals surface area contributed by atoms with E-state index in [1.54, 1.807) is 6.07 Å². The van der Waals surface area contributed by atoms with E-state index >= 15 is 0 Å². The molecule has 1 atom stereocenters. The quantitative estimate of drug-likeness (QED) is 0.672. The summed E-state index contributed by atoms with van der Waals surface area (Å²) < 4.78 is 14.2. The number of aldehydes is 1. The number of piperidine rings is 1. The van der Waals surface area contributed by atoms with Crippen molar-refractivity contribution in [2.24, 2.45) is 5.41 Å². The summed E-state index contributed by atoms with van der Waals surface area (Å²) in [6.45, 7) is 1.78. The third-order valence-corrected chi connectivity index (χ3v) is 5.19. The molecule has 5 heteroatoms. The Kier molecular flexibility index (Phi) is 5.33. The predicted molar refractivity (Wildman–Crippen MR) is 87.7 cm³/mol. The van der Waals surface area contributed by atoms with Crippen LogP contribution in [0.5, 0.6) is 0 Å². The Balaban J connectivity index is 0.00000161. The van der Waals surface area contributed by atoms with Gasteiger partial charge in [-0.25, -0.2) is 4.39 Å². The topological polar surface area (TPSA) is 20.3 Å². The largest absolute Gasteiger partial charge is 0.303 e. The number of rotatable bonds is 4. The number of hydrogen-bond acceptors (Lipinski definition) is 3. The Hall–Kier alpha value is -0.580. The molecule has 1 saturated carbocycles. The summed E-state index contributed by atoms with van der Waals surface area (Å²) in [7, 11) is 0.